The maximum absolute atomic E-state index is 13.6. The third kappa shape index (κ3) is 6.48. The summed E-state index contributed by atoms with van der Waals surface area (Å²) in [5.74, 6) is 1.35. The molecule has 0 spiro atoms. The van der Waals surface area contributed by atoms with Crippen LogP contribution in [0.15, 0.2) is 91.5 Å². The van der Waals surface area contributed by atoms with Crippen LogP contribution in [0.2, 0.25) is 0 Å². The second-order valence-corrected chi connectivity index (χ2v) is 10.2. The van der Waals surface area contributed by atoms with Crippen LogP contribution in [0, 0.1) is 11.3 Å². The third-order valence-electron chi connectivity index (χ3n) is 7.04. The summed E-state index contributed by atoms with van der Waals surface area (Å²) in [5.41, 5.74) is 4.53. The van der Waals surface area contributed by atoms with Crippen molar-refractivity contribution in [2.45, 2.75) is 13.0 Å². The molecule has 44 heavy (non-hydrogen) atoms. The molecule has 1 aliphatic heterocycles. The number of ether oxygens (including phenoxy) is 1. The fraction of sp³-hybridized carbons (Fsp3) is 0.188. The number of pyridine rings is 1. The second kappa shape index (κ2) is 13.0. The third-order valence-corrected chi connectivity index (χ3v) is 7.04. The van der Waals surface area contributed by atoms with E-state index in [-0.39, 0.29) is 6.03 Å². The molecule has 2 aromatic carbocycles. The summed E-state index contributed by atoms with van der Waals surface area (Å²) in [6.07, 6.45) is 7.77. The van der Waals surface area contributed by atoms with Crippen LogP contribution in [0.1, 0.15) is 17.5 Å². The Hall–Kier alpha value is -5.80. The fourth-order valence-electron chi connectivity index (χ4n) is 4.81. The second-order valence-electron chi connectivity index (χ2n) is 10.2. The van der Waals surface area contributed by atoms with E-state index in [0.717, 1.165) is 29.7 Å². The van der Waals surface area contributed by atoms with Crippen LogP contribution < -0.4 is 20.4 Å². The molecule has 3 aromatic heterocycles. The van der Waals surface area contributed by atoms with Crippen molar-refractivity contribution >= 4 is 35.0 Å². The van der Waals surface area contributed by atoms with Gasteiger partial charge in [0.2, 0.25) is 5.95 Å². The number of nitriles is 1. The molecule has 1 fully saturated rings. The number of nitrogens with one attached hydrogen (secondary N) is 2. The molecule has 4 heterocycles. The summed E-state index contributed by atoms with van der Waals surface area (Å²) in [5, 5.41) is 20.0. The van der Waals surface area contributed by atoms with Crippen molar-refractivity contribution in [2.75, 3.05) is 35.0 Å². The maximum atomic E-state index is 13.6. The standard InChI is InChI=1S/C32H30N10O2/c1-40-21-26(20-37-40)24-8-13-29(34-18-24)42(32(43)36-17-23-6-3-2-4-7-23)28-11-9-27(10-12-28)38-31-35-19-25(16-33)30(39-31)41-14-5-15-44-22-41/h2-4,6-13,18-21H,5,14-15,17,22H2,1H3,(H,36,43)(H,35,38,39). The zero-order valence-corrected chi connectivity index (χ0v) is 24.1. The highest BCUT2D eigenvalue weighted by Gasteiger charge is 2.21. The highest BCUT2D eigenvalue weighted by Crippen LogP contribution is 2.29. The minimum atomic E-state index is -0.319. The Bertz CT molecular complexity index is 1760. The van der Waals surface area contributed by atoms with E-state index < -0.39 is 0 Å². The normalized spacial score (nSPS) is 12.8. The molecule has 0 atom stereocenters. The molecule has 6 rings (SSSR count). The van der Waals surface area contributed by atoms with Gasteiger partial charge in [0, 0.05) is 49.3 Å². The van der Waals surface area contributed by atoms with Crippen LogP contribution >= 0.6 is 0 Å². The fourth-order valence-corrected chi connectivity index (χ4v) is 4.81. The largest absolute Gasteiger partial charge is 0.361 e. The van der Waals surface area contributed by atoms with Gasteiger partial charge in [-0.15, -0.1) is 0 Å². The van der Waals surface area contributed by atoms with E-state index in [1.807, 2.05) is 84.9 Å². The van der Waals surface area contributed by atoms with Crippen molar-refractivity contribution in [1.82, 2.24) is 30.0 Å². The van der Waals surface area contributed by atoms with Gasteiger partial charge in [-0.05, 0) is 48.4 Å². The number of nitrogens with zero attached hydrogens (tertiary/aromatic N) is 8. The van der Waals surface area contributed by atoms with E-state index in [4.69, 9.17) is 4.74 Å². The number of anilines is 5. The van der Waals surface area contributed by atoms with Crippen molar-refractivity contribution in [1.29, 1.82) is 5.26 Å². The maximum Gasteiger partial charge on any atom is 0.327 e. The molecule has 0 bridgehead atoms. The first kappa shape index (κ1) is 28.3. The van der Waals surface area contributed by atoms with Gasteiger partial charge in [-0.1, -0.05) is 30.3 Å². The smallest absolute Gasteiger partial charge is 0.327 e. The van der Waals surface area contributed by atoms with E-state index in [0.29, 0.717) is 54.4 Å². The Morgan fingerprint density at radius 1 is 1.02 bits per heavy atom. The number of aryl methyl sites for hydroxylation is 1. The molecule has 2 amide bonds. The van der Waals surface area contributed by atoms with Gasteiger partial charge in [0.25, 0.3) is 0 Å². The number of hydrogen-bond acceptors (Lipinski definition) is 9. The lowest BCUT2D eigenvalue weighted by molar-refractivity contribution is 0.106. The molecule has 2 N–H and O–H groups in total. The Balaban J connectivity index is 1.24. The number of rotatable bonds is 8. The highest BCUT2D eigenvalue weighted by molar-refractivity contribution is 5.98. The summed E-state index contributed by atoms with van der Waals surface area (Å²) < 4.78 is 7.28. The van der Waals surface area contributed by atoms with E-state index >= 15 is 0 Å². The Morgan fingerprint density at radius 3 is 2.55 bits per heavy atom. The van der Waals surface area contributed by atoms with Gasteiger partial charge in [0.05, 0.1) is 24.7 Å². The quantitative estimate of drug-likeness (QED) is 0.254. The van der Waals surface area contributed by atoms with E-state index in [2.05, 4.69) is 36.8 Å². The predicted octanol–water partition coefficient (Wildman–Crippen LogP) is 5.12. The number of urea groups is 1. The lowest BCUT2D eigenvalue weighted by Gasteiger charge is -2.28. The summed E-state index contributed by atoms with van der Waals surface area (Å²) in [6, 6.07) is 22.6. The molecule has 0 unspecified atom stereocenters. The van der Waals surface area contributed by atoms with Gasteiger partial charge in [-0.3, -0.25) is 4.68 Å². The van der Waals surface area contributed by atoms with Crippen molar-refractivity contribution in [3.63, 3.8) is 0 Å². The number of benzene rings is 2. The van der Waals surface area contributed by atoms with Gasteiger partial charge in [-0.25, -0.2) is 19.7 Å². The van der Waals surface area contributed by atoms with Crippen molar-refractivity contribution < 1.29 is 9.53 Å². The van der Waals surface area contributed by atoms with Crippen LogP contribution in [0.3, 0.4) is 0 Å². The van der Waals surface area contributed by atoms with Crippen molar-refractivity contribution in [3.05, 3.63) is 103 Å². The Morgan fingerprint density at radius 2 is 1.86 bits per heavy atom. The van der Waals surface area contributed by atoms with E-state index in [1.54, 1.807) is 17.1 Å². The summed E-state index contributed by atoms with van der Waals surface area (Å²) in [7, 11) is 1.86. The zero-order chi connectivity index (χ0) is 30.3. The van der Waals surface area contributed by atoms with Crippen LogP contribution in [-0.2, 0) is 18.3 Å². The summed E-state index contributed by atoms with van der Waals surface area (Å²) >= 11 is 0. The Labute approximate surface area is 254 Å². The Kier molecular flexibility index (Phi) is 8.38. The number of hydrogen-bond donors (Lipinski definition) is 2. The van der Waals surface area contributed by atoms with Gasteiger partial charge < -0.3 is 20.3 Å². The average molecular weight is 587 g/mol. The van der Waals surface area contributed by atoms with Crippen LogP contribution in [-0.4, -0.2) is 50.6 Å². The molecule has 0 saturated carbocycles. The molecule has 12 heteroatoms. The monoisotopic (exact) mass is 586 g/mol. The zero-order valence-electron chi connectivity index (χ0n) is 24.1. The number of aromatic nitrogens is 5. The van der Waals surface area contributed by atoms with Crippen LogP contribution in [0.4, 0.5) is 33.8 Å². The summed E-state index contributed by atoms with van der Waals surface area (Å²) in [4.78, 5) is 30.6. The number of carbonyl (C=O) groups excluding carboxylic acids is 1. The van der Waals surface area contributed by atoms with E-state index in [9.17, 15) is 10.1 Å². The molecule has 5 aromatic rings. The lowest BCUT2D eigenvalue weighted by Crippen LogP contribution is -2.37. The summed E-state index contributed by atoms with van der Waals surface area (Å²) in [6.45, 7) is 2.18. The first-order chi connectivity index (χ1) is 21.6. The average Bonchev–Trinajstić information content (AvgIpc) is 3.52. The molecule has 12 nitrogen and oxygen atoms in total. The molecular weight excluding hydrogens is 556 g/mol. The first-order valence-corrected chi connectivity index (χ1v) is 14.1. The van der Waals surface area contributed by atoms with Gasteiger partial charge in [-0.2, -0.15) is 15.3 Å². The van der Waals surface area contributed by atoms with Crippen LogP contribution in [0.5, 0.6) is 0 Å². The lowest BCUT2D eigenvalue weighted by atomic mass is 10.1. The minimum absolute atomic E-state index is 0.319. The topological polar surface area (TPSA) is 137 Å². The highest BCUT2D eigenvalue weighted by atomic mass is 16.5. The van der Waals surface area contributed by atoms with Crippen molar-refractivity contribution in [2.24, 2.45) is 7.05 Å². The van der Waals surface area contributed by atoms with Gasteiger partial charge in [0.15, 0.2) is 5.82 Å². The molecule has 0 aliphatic carbocycles. The molecule has 1 saturated heterocycles. The first-order valence-electron chi connectivity index (χ1n) is 14.1. The molecular formula is C32H30N10O2. The molecule has 1 aliphatic rings. The predicted molar refractivity (Wildman–Crippen MR) is 167 cm³/mol. The molecule has 0 radical (unpaired) electrons. The minimum Gasteiger partial charge on any atom is -0.361 e. The molecule has 220 valence electrons. The van der Waals surface area contributed by atoms with Gasteiger partial charge in [0.1, 0.15) is 24.2 Å². The number of amides is 2. The number of carbonyl (C=O) groups is 1. The SMILES string of the molecule is Cn1cc(-c2ccc(N(C(=O)NCc3ccccc3)c3ccc(Nc4ncc(C#N)c(N5CCCOC5)n4)cc3)nc2)cn1. The van der Waals surface area contributed by atoms with E-state index in [1.165, 1.54) is 11.1 Å². The van der Waals surface area contributed by atoms with Crippen LogP contribution in [0.25, 0.3) is 11.1 Å². The van der Waals surface area contributed by atoms with Gasteiger partial charge >= 0.3 is 6.03 Å². The van der Waals surface area contributed by atoms with Crippen molar-refractivity contribution in [3.8, 4) is 17.2 Å².